The molecule has 1 fully saturated rings. The van der Waals surface area contributed by atoms with E-state index in [2.05, 4.69) is 44.9 Å². The van der Waals surface area contributed by atoms with Crippen LogP contribution in [0.25, 0.3) is 5.69 Å². The Kier molecular flexibility index (Phi) is 4.79. The van der Waals surface area contributed by atoms with Crippen LogP contribution in [0.15, 0.2) is 42.6 Å². The molecule has 0 spiro atoms. The number of hydrogen-bond donors (Lipinski definition) is 1. The second-order valence-electron chi connectivity index (χ2n) is 8.37. The molecule has 2 N–H and O–H groups in total. The molecule has 0 bridgehead atoms. The third kappa shape index (κ3) is 3.65. The first kappa shape index (κ1) is 18.3. The van der Waals surface area contributed by atoms with Crippen molar-refractivity contribution in [2.75, 3.05) is 0 Å². The minimum Gasteiger partial charge on any atom is -0.474 e. The third-order valence-corrected chi connectivity index (χ3v) is 6.12. The smallest absolute Gasteiger partial charge is 0.213 e. The van der Waals surface area contributed by atoms with E-state index >= 15 is 0 Å². The summed E-state index contributed by atoms with van der Waals surface area (Å²) >= 11 is 0. The van der Waals surface area contributed by atoms with Crippen LogP contribution < -0.4 is 10.5 Å². The zero-order valence-electron chi connectivity index (χ0n) is 16.8. The Bertz CT molecular complexity index is 992. The van der Waals surface area contributed by atoms with Crippen LogP contribution in [0.4, 0.5) is 0 Å². The molecule has 150 valence electrons. The maximum absolute atomic E-state index is 6.39. The lowest BCUT2D eigenvalue weighted by Gasteiger charge is -2.28. The van der Waals surface area contributed by atoms with Gasteiger partial charge in [-0.15, -0.1) is 10.2 Å². The Balaban J connectivity index is 1.38. The average molecular weight is 390 g/mol. The van der Waals surface area contributed by atoms with Crippen LogP contribution in [0.3, 0.4) is 0 Å². The summed E-state index contributed by atoms with van der Waals surface area (Å²) in [7, 11) is 0. The van der Waals surface area contributed by atoms with Crippen molar-refractivity contribution in [1.82, 2.24) is 19.7 Å². The van der Waals surface area contributed by atoms with E-state index in [0.717, 1.165) is 50.2 Å². The van der Waals surface area contributed by atoms with Gasteiger partial charge in [0.2, 0.25) is 5.88 Å². The molecular weight excluding hydrogens is 362 g/mol. The van der Waals surface area contributed by atoms with Crippen molar-refractivity contribution >= 4 is 0 Å². The van der Waals surface area contributed by atoms with Gasteiger partial charge in [0.1, 0.15) is 17.8 Å². The highest BCUT2D eigenvalue weighted by atomic mass is 16.5. The van der Waals surface area contributed by atoms with Gasteiger partial charge in [-0.3, -0.25) is 4.57 Å². The molecule has 1 aliphatic heterocycles. The maximum Gasteiger partial charge on any atom is 0.213 e. The number of ether oxygens (including phenoxy) is 1. The average Bonchev–Trinajstić information content (AvgIpc) is 3.06. The summed E-state index contributed by atoms with van der Waals surface area (Å²) in [4.78, 5) is 4.29. The molecule has 2 aromatic heterocycles. The van der Waals surface area contributed by atoms with Gasteiger partial charge in [-0.1, -0.05) is 23.8 Å². The number of pyridine rings is 1. The summed E-state index contributed by atoms with van der Waals surface area (Å²) in [5, 5.41) is 9.17. The van der Waals surface area contributed by atoms with Gasteiger partial charge in [0.25, 0.3) is 0 Å². The lowest BCUT2D eigenvalue weighted by Crippen LogP contribution is -2.25. The van der Waals surface area contributed by atoms with E-state index in [0.29, 0.717) is 11.8 Å². The predicted octanol–water partition coefficient (Wildman–Crippen LogP) is 3.50. The first-order valence-corrected chi connectivity index (χ1v) is 10.5. The van der Waals surface area contributed by atoms with Crippen molar-refractivity contribution in [3.05, 3.63) is 65.4 Å². The summed E-state index contributed by atoms with van der Waals surface area (Å²) < 4.78 is 8.35. The summed E-state index contributed by atoms with van der Waals surface area (Å²) in [6, 6.07) is 12.5. The van der Waals surface area contributed by atoms with Crippen molar-refractivity contribution < 1.29 is 4.74 Å². The molecule has 2 aliphatic rings. The maximum atomic E-state index is 6.39. The molecule has 29 heavy (non-hydrogen) atoms. The Hall–Kier alpha value is -2.73. The molecule has 1 saturated carbocycles. The van der Waals surface area contributed by atoms with E-state index < -0.39 is 0 Å². The number of aromatic nitrogens is 4. The number of benzene rings is 1. The summed E-state index contributed by atoms with van der Waals surface area (Å²) in [5.74, 6) is 3.17. The normalized spacial score (nSPS) is 23.7. The third-order valence-electron chi connectivity index (χ3n) is 6.12. The first-order chi connectivity index (χ1) is 14.2. The van der Waals surface area contributed by atoms with E-state index in [1.54, 1.807) is 6.20 Å². The zero-order valence-corrected chi connectivity index (χ0v) is 16.8. The molecule has 1 aliphatic carbocycles. The first-order valence-electron chi connectivity index (χ1n) is 10.5. The quantitative estimate of drug-likeness (QED) is 0.742. The molecule has 3 aromatic rings. The number of rotatable bonds is 3. The summed E-state index contributed by atoms with van der Waals surface area (Å²) in [5.41, 5.74) is 10.2. The van der Waals surface area contributed by atoms with Crippen LogP contribution in [0.2, 0.25) is 0 Å². The van der Waals surface area contributed by atoms with Crippen molar-refractivity contribution in [2.45, 2.75) is 63.5 Å². The Morgan fingerprint density at radius 3 is 2.69 bits per heavy atom. The number of hydrogen-bond acceptors (Lipinski definition) is 5. The second kappa shape index (κ2) is 7.59. The van der Waals surface area contributed by atoms with Crippen LogP contribution in [0.5, 0.6) is 5.88 Å². The summed E-state index contributed by atoms with van der Waals surface area (Å²) in [6.07, 6.45) is 7.73. The van der Waals surface area contributed by atoms with Gasteiger partial charge in [-0.2, -0.15) is 0 Å². The van der Waals surface area contributed by atoms with Gasteiger partial charge in [0, 0.05) is 30.6 Å². The fourth-order valence-electron chi connectivity index (χ4n) is 4.70. The van der Waals surface area contributed by atoms with Gasteiger partial charge in [-0.25, -0.2) is 4.98 Å². The number of nitrogens with two attached hydrogens (primary N) is 1. The van der Waals surface area contributed by atoms with E-state index in [1.165, 1.54) is 16.8 Å². The molecule has 6 heteroatoms. The Morgan fingerprint density at radius 2 is 1.90 bits per heavy atom. The fraction of sp³-hybridized carbons (Fsp3) is 0.435. The van der Waals surface area contributed by atoms with Gasteiger partial charge in [0.15, 0.2) is 0 Å². The van der Waals surface area contributed by atoms with E-state index in [-0.39, 0.29) is 12.1 Å². The molecule has 5 rings (SSSR count). The minimum atomic E-state index is 0.0800. The van der Waals surface area contributed by atoms with E-state index in [1.807, 2.05) is 18.2 Å². The predicted molar refractivity (Wildman–Crippen MR) is 111 cm³/mol. The second-order valence-corrected chi connectivity index (χ2v) is 8.37. The lowest BCUT2D eigenvalue weighted by molar-refractivity contribution is 0.139. The van der Waals surface area contributed by atoms with Gasteiger partial charge in [-0.05, 0) is 56.7 Å². The minimum absolute atomic E-state index is 0.0800. The Morgan fingerprint density at radius 1 is 1.03 bits per heavy atom. The van der Waals surface area contributed by atoms with Crippen LogP contribution >= 0.6 is 0 Å². The van der Waals surface area contributed by atoms with Crippen molar-refractivity contribution in [1.29, 1.82) is 0 Å². The SMILES string of the molecule is Cc1ccc2c(c1)CC(N)Cc1nnc(C3CCC(Oc4ccccn4)CC3)n1-2. The fourth-order valence-corrected chi connectivity index (χ4v) is 4.70. The van der Waals surface area contributed by atoms with E-state index in [9.17, 15) is 0 Å². The highest BCUT2D eigenvalue weighted by molar-refractivity contribution is 5.47. The number of nitrogens with zero attached hydrogens (tertiary/aromatic N) is 4. The molecule has 6 nitrogen and oxygen atoms in total. The van der Waals surface area contributed by atoms with Crippen molar-refractivity contribution in [3.8, 4) is 11.6 Å². The topological polar surface area (TPSA) is 78.8 Å². The van der Waals surface area contributed by atoms with Crippen LogP contribution in [-0.4, -0.2) is 31.9 Å². The van der Waals surface area contributed by atoms with Crippen LogP contribution in [0, 0.1) is 6.92 Å². The van der Waals surface area contributed by atoms with Gasteiger partial charge >= 0.3 is 0 Å². The van der Waals surface area contributed by atoms with Gasteiger partial charge < -0.3 is 10.5 Å². The highest BCUT2D eigenvalue weighted by Crippen LogP contribution is 2.36. The molecule has 3 heterocycles. The molecule has 0 amide bonds. The van der Waals surface area contributed by atoms with Crippen LogP contribution in [0.1, 0.15) is 54.4 Å². The van der Waals surface area contributed by atoms with Crippen molar-refractivity contribution in [3.63, 3.8) is 0 Å². The summed E-state index contributed by atoms with van der Waals surface area (Å²) in [6.45, 7) is 2.13. The molecule has 1 unspecified atom stereocenters. The molecule has 1 aromatic carbocycles. The van der Waals surface area contributed by atoms with Crippen molar-refractivity contribution in [2.24, 2.45) is 5.73 Å². The number of fused-ring (bicyclic) bond motifs is 3. The molecule has 0 saturated heterocycles. The lowest BCUT2D eigenvalue weighted by atomic mass is 9.86. The highest BCUT2D eigenvalue weighted by Gasteiger charge is 2.31. The molecule has 0 radical (unpaired) electrons. The number of aryl methyl sites for hydroxylation is 1. The standard InChI is InChI=1S/C23H27N5O/c1-15-5-10-20-17(12-15)13-18(24)14-21-26-27-23(28(20)21)16-6-8-19(9-7-16)29-22-4-2-3-11-25-22/h2-5,10-12,16,18-19H,6-9,13-14,24H2,1H3. The monoisotopic (exact) mass is 389 g/mol. The molecular formula is C23H27N5O. The molecule has 1 atom stereocenters. The zero-order chi connectivity index (χ0) is 19.8. The van der Waals surface area contributed by atoms with E-state index in [4.69, 9.17) is 10.5 Å². The Labute approximate surface area is 171 Å². The van der Waals surface area contributed by atoms with Gasteiger partial charge in [0.05, 0.1) is 5.69 Å². The largest absolute Gasteiger partial charge is 0.474 e. The van der Waals surface area contributed by atoms with Crippen LogP contribution in [-0.2, 0) is 12.8 Å².